The van der Waals surface area contributed by atoms with Gasteiger partial charge in [-0.3, -0.25) is 4.90 Å². The van der Waals surface area contributed by atoms with Gasteiger partial charge in [-0.15, -0.1) is 0 Å². The molecule has 0 bridgehead atoms. The van der Waals surface area contributed by atoms with Crippen LogP contribution in [0, 0.1) is 0 Å². The zero-order chi connectivity index (χ0) is 24.6. The number of hydrogen-bond donors (Lipinski definition) is 3. The molecule has 4 rings (SSSR count). The minimum atomic E-state index is -0.639. The van der Waals surface area contributed by atoms with Crippen molar-refractivity contribution < 1.29 is 24.8 Å². The minimum absolute atomic E-state index is 0.00638. The van der Waals surface area contributed by atoms with Crippen molar-refractivity contribution in [3.8, 4) is 11.5 Å². The number of hydrogen-bond acceptors (Lipinski definition) is 8. The highest BCUT2D eigenvalue weighted by Crippen LogP contribution is 2.47. The van der Waals surface area contributed by atoms with Crippen LogP contribution in [0.2, 0.25) is 0 Å². The summed E-state index contributed by atoms with van der Waals surface area (Å²) in [6, 6.07) is 22.1. The van der Waals surface area contributed by atoms with E-state index >= 15 is 0 Å². The third-order valence-electron chi connectivity index (χ3n) is 5.79. The molecule has 0 radical (unpaired) electrons. The lowest BCUT2D eigenvalue weighted by Gasteiger charge is -2.35. The van der Waals surface area contributed by atoms with Crippen LogP contribution in [0.5, 0.6) is 11.5 Å². The smallest absolute Gasteiger partial charge is 0.161 e. The van der Waals surface area contributed by atoms with E-state index in [4.69, 9.17) is 14.6 Å². The topological polar surface area (TPSA) is 85.6 Å². The van der Waals surface area contributed by atoms with Crippen LogP contribution in [-0.4, -0.2) is 72.9 Å². The number of nitrogens with zero attached hydrogens (tertiary/aromatic N) is 2. The monoisotopic (exact) mass is 496 g/mol. The molecule has 3 aromatic carbocycles. The predicted molar refractivity (Wildman–Crippen MR) is 138 cm³/mol. The Morgan fingerprint density at radius 1 is 0.914 bits per heavy atom. The number of aliphatic hydroxyl groups is 3. The van der Waals surface area contributed by atoms with Gasteiger partial charge in [-0.25, -0.2) is 0 Å². The lowest BCUT2D eigenvalue weighted by Crippen LogP contribution is -2.40. The molecule has 35 heavy (non-hydrogen) atoms. The Bertz CT molecular complexity index is 1070. The number of para-hydroxylation sites is 2. The second-order valence-electron chi connectivity index (χ2n) is 8.32. The maximum absolute atomic E-state index is 11.1. The van der Waals surface area contributed by atoms with Crippen LogP contribution in [-0.2, 0) is 6.54 Å². The van der Waals surface area contributed by atoms with Crippen molar-refractivity contribution in [2.75, 3.05) is 51.5 Å². The largest absolute Gasteiger partial charge is 0.493 e. The van der Waals surface area contributed by atoms with E-state index in [1.165, 1.54) is 9.79 Å². The lowest BCUT2D eigenvalue weighted by atomic mass is 10.1. The molecule has 186 valence electrons. The molecule has 7 nitrogen and oxygen atoms in total. The van der Waals surface area contributed by atoms with Gasteiger partial charge in [0.25, 0.3) is 0 Å². The first kappa shape index (κ1) is 25.3. The lowest BCUT2D eigenvalue weighted by molar-refractivity contribution is 0.100. The summed E-state index contributed by atoms with van der Waals surface area (Å²) in [6.45, 7) is 1.93. The fraction of sp³-hybridized carbons (Fsp3) is 0.333. The number of ether oxygens (including phenoxy) is 2. The average Bonchev–Trinajstić information content (AvgIpc) is 2.87. The Hall–Kier alpha value is -2.75. The maximum Gasteiger partial charge on any atom is 0.161 e. The molecular weight excluding hydrogens is 464 g/mol. The summed E-state index contributed by atoms with van der Waals surface area (Å²) in [7, 11) is 1.58. The molecule has 0 amide bonds. The van der Waals surface area contributed by atoms with E-state index in [-0.39, 0.29) is 19.8 Å². The zero-order valence-electron chi connectivity index (χ0n) is 19.8. The van der Waals surface area contributed by atoms with E-state index in [1.807, 2.05) is 47.4 Å². The molecular formula is C27H32N2O5S. The molecule has 0 spiro atoms. The van der Waals surface area contributed by atoms with Crippen LogP contribution in [0.25, 0.3) is 0 Å². The van der Waals surface area contributed by atoms with E-state index in [2.05, 4.69) is 29.2 Å². The third kappa shape index (κ3) is 6.28. The average molecular weight is 497 g/mol. The summed E-state index contributed by atoms with van der Waals surface area (Å²) in [4.78, 5) is 6.55. The van der Waals surface area contributed by atoms with E-state index in [9.17, 15) is 10.2 Å². The van der Waals surface area contributed by atoms with Crippen LogP contribution in [0.3, 0.4) is 0 Å². The Morgan fingerprint density at radius 2 is 1.60 bits per heavy atom. The van der Waals surface area contributed by atoms with Crippen molar-refractivity contribution in [1.29, 1.82) is 0 Å². The van der Waals surface area contributed by atoms with Crippen molar-refractivity contribution in [1.82, 2.24) is 4.90 Å². The highest BCUT2D eigenvalue weighted by atomic mass is 32.2. The van der Waals surface area contributed by atoms with Crippen molar-refractivity contribution >= 4 is 23.1 Å². The first-order chi connectivity index (χ1) is 17.1. The van der Waals surface area contributed by atoms with E-state index < -0.39 is 6.10 Å². The van der Waals surface area contributed by atoms with Crippen LogP contribution < -0.4 is 14.4 Å². The predicted octanol–water partition coefficient (Wildman–Crippen LogP) is 3.52. The van der Waals surface area contributed by atoms with Gasteiger partial charge >= 0.3 is 0 Å². The fourth-order valence-corrected chi connectivity index (χ4v) is 5.36. The number of fused-ring (bicyclic) bond motifs is 2. The highest BCUT2D eigenvalue weighted by Gasteiger charge is 2.25. The Balaban J connectivity index is 1.47. The molecule has 1 aliphatic heterocycles. The quantitative estimate of drug-likeness (QED) is 0.351. The van der Waals surface area contributed by atoms with Crippen molar-refractivity contribution in [2.45, 2.75) is 22.4 Å². The summed E-state index contributed by atoms with van der Waals surface area (Å²) in [5.74, 6) is 1.15. The van der Waals surface area contributed by atoms with Gasteiger partial charge in [-0.2, -0.15) is 0 Å². The Labute approximate surface area is 210 Å². The molecule has 0 fully saturated rings. The number of anilines is 2. The van der Waals surface area contributed by atoms with Gasteiger partial charge < -0.3 is 29.7 Å². The van der Waals surface area contributed by atoms with Crippen molar-refractivity contribution in [3.05, 3.63) is 72.3 Å². The fourth-order valence-electron chi connectivity index (χ4n) is 4.26. The van der Waals surface area contributed by atoms with Crippen molar-refractivity contribution in [2.24, 2.45) is 0 Å². The molecule has 8 heteroatoms. The van der Waals surface area contributed by atoms with Gasteiger partial charge in [0.1, 0.15) is 6.61 Å². The first-order valence-corrected chi connectivity index (χ1v) is 12.5. The van der Waals surface area contributed by atoms with Gasteiger partial charge in [-0.05, 0) is 42.0 Å². The van der Waals surface area contributed by atoms with Crippen LogP contribution in [0.4, 0.5) is 11.4 Å². The number of β-amino-alcohol motifs (C(OH)–C–C–N with tert-alkyl or cyclic N) is 1. The molecule has 0 saturated carbocycles. The number of rotatable bonds is 12. The summed E-state index contributed by atoms with van der Waals surface area (Å²) in [5.41, 5.74) is 3.16. The van der Waals surface area contributed by atoms with Gasteiger partial charge in [0.2, 0.25) is 0 Å². The molecule has 0 aromatic heterocycles. The summed E-state index contributed by atoms with van der Waals surface area (Å²) in [5, 5.41) is 29.8. The number of methoxy groups -OCH3 is 1. The second-order valence-corrected chi connectivity index (χ2v) is 9.40. The molecule has 0 unspecified atom stereocenters. The standard InChI is InChI=1S/C27H32N2O5S/c1-33-25-16-20(10-11-24(25)34-15-14-31)17-28(12-13-30)18-21(32)19-29-22-6-2-4-8-26(22)35-27-9-5-3-7-23(27)29/h2-11,16,21,30-32H,12-15,17-19H2,1H3/t21-/m0/s1. The zero-order valence-corrected chi connectivity index (χ0v) is 20.7. The minimum Gasteiger partial charge on any atom is -0.493 e. The van der Waals surface area contributed by atoms with Gasteiger partial charge in [0, 0.05) is 29.4 Å². The molecule has 3 N–H and O–H groups in total. The molecule has 1 heterocycles. The van der Waals surface area contributed by atoms with Gasteiger partial charge in [0.15, 0.2) is 11.5 Å². The van der Waals surface area contributed by atoms with E-state index in [0.717, 1.165) is 16.9 Å². The second kappa shape index (κ2) is 12.3. The molecule has 0 saturated heterocycles. The SMILES string of the molecule is COc1cc(CN(CCO)C[C@H](O)CN2c3ccccc3Sc3ccccc32)ccc1OCCO. The molecule has 3 aromatic rings. The summed E-state index contributed by atoms with van der Waals surface area (Å²) in [6.07, 6.45) is -0.639. The first-order valence-electron chi connectivity index (χ1n) is 11.7. The maximum atomic E-state index is 11.1. The number of aliphatic hydroxyl groups excluding tert-OH is 3. The van der Waals surface area contributed by atoms with E-state index in [0.29, 0.717) is 37.7 Å². The highest BCUT2D eigenvalue weighted by molar-refractivity contribution is 7.99. The van der Waals surface area contributed by atoms with Crippen LogP contribution in [0.15, 0.2) is 76.5 Å². The summed E-state index contributed by atoms with van der Waals surface area (Å²) < 4.78 is 11.0. The Kier molecular flexibility index (Phi) is 8.90. The molecule has 0 aliphatic carbocycles. The normalized spacial score (nSPS) is 13.3. The molecule has 1 atom stereocenters. The summed E-state index contributed by atoms with van der Waals surface area (Å²) >= 11 is 1.74. The van der Waals surface area contributed by atoms with Gasteiger partial charge in [-0.1, -0.05) is 42.1 Å². The number of benzene rings is 3. The van der Waals surface area contributed by atoms with Crippen LogP contribution in [0.1, 0.15) is 5.56 Å². The van der Waals surface area contributed by atoms with Crippen molar-refractivity contribution in [3.63, 3.8) is 0 Å². The van der Waals surface area contributed by atoms with E-state index in [1.54, 1.807) is 18.9 Å². The van der Waals surface area contributed by atoms with Crippen LogP contribution >= 0.6 is 11.8 Å². The third-order valence-corrected chi connectivity index (χ3v) is 6.92. The van der Waals surface area contributed by atoms with Gasteiger partial charge in [0.05, 0.1) is 44.3 Å². The Morgan fingerprint density at radius 3 is 2.23 bits per heavy atom. The molecule has 1 aliphatic rings.